The molecule has 8 heteroatoms. The molecule has 2 amide bonds. The van der Waals surface area contributed by atoms with Crippen LogP contribution in [0.2, 0.25) is 0 Å². The molecule has 3 aromatic rings. The molecule has 0 saturated heterocycles. The summed E-state index contributed by atoms with van der Waals surface area (Å²) in [6.45, 7) is 0. The van der Waals surface area contributed by atoms with Gasteiger partial charge in [0.15, 0.2) is 0 Å². The number of hydrogen-bond donors (Lipinski definition) is 3. The number of hydrazine groups is 1. The quantitative estimate of drug-likeness (QED) is 0.623. The number of benzene rings is 2. The highest BCUT2D eigenvalue weighted by molar-refractivity contribution is 6.07. The van der Waals surface area contributed by atoms with Gasteiger partial charge in [-0.1, -0.05) is 18.2 Å². The summed E-state index contributed by atoms with van der Waals surface area (Å²) in [7, 11) is 0. The molecule has 3 rings (SSSR count). The zero-order valence-corrected chi connectivity index (χ0v) is 12.6. The number of nitrogens with one attached hydrogen (secondary N) is 3. The fourth-order valence-corrected chi connectivity index (χ4v) is 2.32. The van der Waals surface area contributed by atoms with Crippen molar-refractivity contribution in [1.82, 2.24) is 15.8 Å². The molecular formula is C17H12F3N3O2. The highest BCUT2D eigenvalue weighted by atomic mass is 19.4. The number of aromatic nitrogens is 1. The Hall–Kier alpha value is -3.29. The standard InChI is InChI=1S/C17H12F3N3O2/c18-17(19,20)11-7-5-10(6-8-11)15(24)22-23-16(25)13-9-21-14-4-2-1-3-12(13)14/h1-9,21H,(H,22,24)(H,23,25). The van der Waals surface area contributed by atoms with Gasteiger partial charge >= 0.3 is 6.18 Å². The maximum atomic E-state index is 12.5. The molecular weight excluding hydrogens is 335 g/mol. The maximum absolute atomic E-state index is 12.5. The highest BCUT2D eigenvalue weighted by Gasteiger charge is 2.30. The van der Waals surface area contributed by atoms with Gasteiger partial charge in [0.25, 0.3) is 11.8 Å². The van der Waals surface area contributed by atoms with E-state index in [1.54, 1.807) is 18.2 Å². The van der Waals surface area contributed by atoms with E-state index in [1.165, 1.54) is 6.20 Å². The van der Waals surface area contributed by atoms with Crippen LogP contribution in [-0.2, 0) is 6.18 Å². The number of carbonyl (C=O) groups excluding carboxylic acids is 2. The fourth-order valence-electron chi connectivity index (χ4n) is 2.32. The lowest BCUT2D eigenvalue weighted by Gasteiger charge is -2.09. The van der Waals surface area contributed by atoms with E-state index < -0.39 is 23.6 Å². The number of fused-ring (bicyclic) bond motifs is 1. The Balaban J connectivity index is 1.67. The highest BCUT2D eigenvalue weighted by Crippen LogP contribution is 2.29. The van der Waals surface area contributed by atoms with E-state index in [2.05, 4.69) is 15.8 Å². The summed E-state index contributed by atoms with van der Waals surface area (Å²) in [6.07, 6.45) is -2.97. The fraction of sp³-hybridized carbons (Fsp3) is 0.0588. The first-order valence-electron chi connectivity index (χ1n) is 7.20. The van der Waals surface area contributed by atoms with Crippen molar-refractivity contribution < 1.29 is 22.8 Å². The van der Waals surface area contributed by atoms with Crippen LogP contribution >= 0.6 is 0 Å². The van der Waals surface area contributed by atoms with Crippen LogP contribution in [0.15, 0.2) is 54.7 Å². The van der Waals surface area contributed by atoms with Crippen molar-refractivity contribution in [1.29, 1.82) is 0 Å². The topological polar surface area (TPSA) is 74.0 Å². The second kappa shape index (κ2) is 6.31. The Labute approximate surface area is 139 Å². The molecule has 128 valence electrons. The number of amides is 2. The van der Waals surface area contributed by atoms with Crippen molar-refractivity contribution in [2.45, 2.75) is 6.18 Å². The molecule has 0 radical (unpaired) electrons. The van der Waals surface area contributed by atoms with Crippen molar-refractivity contribution in [3.8, 4) is 0 Å². The van der Waals surface area contributed by atoms with Crippen molar-refractivity contribution in [2.75, 3.05) is 0 Å². The largest absolute Gasteiger partial charge is 0.416 e. The van der Waals surface area contributed by atoms with Gasteiger partial charge in [-0.15, -0.1) is 0 Å². The first-order chi connectivity index (χ1) is 11.9. The molecule has 0 saturated carbocycles. The molecule has 0 unspecified atom stereocenters. The minimum atomic E-state index is -4.47. The van der Waals surface area contributed by atoms with Gasteiger partial charge in [0, 0.05) is 22.7 Å². The lowest BCUT2D eigenvalue weighted by molar-refractivity contribution is -0.137. The number of alkyl halides is 3. The Morgan fingerprint density at radius 3 is 2.20 bits per heavy atom. The second-order valence-electron chi connectivity index (χ2n) is 5.23. The minimum absolute atomic E-state index is 0.00720. The van der Waals surface area contributed by atoms with Crippen LogP contribution < -0.4 is 10.9 Å². The number of H-pyrrole nitrogens is 1. The maximum Gasteiger partial charge on any atom is 0.416 e. The predicted molar refractivity (Wildman–Crippen MR) is 84.7 cm³/mol. The zero-order valence-electron chi connectivity index (χ0n) is 12.6. The molecule has 5 nitrogen and oxygen atoms in total. The van der Waals surface area contributed by atoms with Crippen molar-refractivity contribution in [2.24, 2.45) is 0 Å². The lowest BCUT2D eigenvalue weighted by Crippen LogP contribution is -2.41. The third-order valence-corrected chi connectivity index (χ3v) is 3.60. The van der Waals surface area contributed by atoms with Crippen LogP contribution in [-0.4, -0.2) is 16.8 Å². The van der Waals surface area contributed by atoms with Gasteiger partial charge in [-0.3, -0.25) is 20.4 Å². The Kier molecular flexibility index (Phi) is 4.18. The Morgan fingerprint density at radius 2 is 1.52 bits per heavy atom. The molecule has 2 aromatic carbocycles. The second-order valence-corrected chi connectivity index (χ2v) is 5.23. The summed E-state index contributed by atoms with van der Waals surface area (Å²) in [4.78, 5) is 27.0. The van der Waals surface area contributed by atoms with Gasteiger partial charge in [0.1, 0.15) is 0 Å². The van der Waals surface area contributed by atoms with E-state index in [4.69, 9.17) is 0 Å². The van der Waals surface area contributed by atoms with Crippen LogP contribution in [0, 0.1) is 0 Å². The van der Waals surface area contributed by atoms with Gasteiger partial charge < -0.3 is 4.98 Å². The van der Waals surface area contributed by atoms with Crippen molar-refractivity contribution in [3.05, 3.63) is 71.4 Å². The van der Waals surface area contributed by atoms with Crippen molar-refractivity contribution in [3.63, 3.8) is 0 Å². The summed E-state index contributed by atoms with van der Waals surface area (Å²) in [6, 6.07) is 10.8. The van der Waals surface area contributed by atoms with E-state index in [9.17, 15) is 22.8 Å². The van der Waals surface area contributed by atoms with E-state index in [0.717, 1.165) is 29.8 Å². The van der Waals surface area contributed by atoms with E-state index in [0.29, 0.717) is 10.9 Å². The van der Waals surface area contributed by atoms with Gasteiger partial charge in [0.2, 0.25) is 0 Å². The van der Waals surface area contributed by atoms with Crippen LogP contribution in [0.5, 0.6) is 0 Å². The minimum Gasteiger partial charge on any atom is -0.360 e. The molecule has 1 heterocycles. The number of hydrogen-bond acceptors (Lipinski definition) is 2. The monoisotopic (exact) mass is 347 g/mol. The van der Waals surface area contributed by atoms with Gasteiger partial charge in [0.05, 0.1) is 11.1 Å². The molecule has 25 heavy (non-hydrogen) atoms. The molecule has 0 bridgehead atoms. The van der Waals surface area contributed by atoms with Crippen LogP contribution in [0.25, 0.3) is 10.9 Å². The molecule has 0 aliphatic heterocycles. The summed E-state index contributed by atoms with van der Waals surface area (Å²) in [5.74, 6) is -1.26. The normalized spacial score (nSPS) is 11.3. The average Bonchev–Trinajstić information content (AvgIpc) is 3.03. The molecule has 0 spiro atoms. The van der Waals surface area contributed by atoms with E-state index >= 15 is 0 Å². The Morgan fingerprint density at radius 1 is 0.880 bits per heavy atom. The average molecular weight is 347 g/mol. The number of aromatic amines is 1. The molecule has 0 aliphatic carbocycles. The number of rotatable bonds is 2. The van der Waals surface area contributed by atoms with Gasteiger partial charge in [-0.25, -0.2) is 0 Å². The van der Waals surface area contributed by atoms with E-state index in [1.807, 2.05) is 6.07 Å². The third-order valence-electron chi connectivity index (χ3n) is 3.60. The van der Waals surface area contributed by atoms with Crippen molar-refractivity contribution >= 4 is 22.7 Å². The molecule has 0 aliphatic rings. The Bertz CT molecular complexity index is 930. The third kappa shape index (κ3) is 3.47. The molecule has 0 fully saturated rings. The number of halogens is 3. The first-order valence-corrected chi connectivity index (χ1v) is 7.20. The van der Waals surface area contributed by atoms with Gasteiger partial charge in [-0.2, -0.15) is 13.2 Å². The van der Waals surface area contributed by atoms with Crippen LogP contribution in [0.4, 0.5) is 13.2 Å². The molecule has 0 atom stereocenters. The summed E-state index contributed by atoms with van der Waals surface area (Å²) < 4.78 is 37.5. The SMILES string of the molecule is O=C(NNC(=O)c1c[nH]c2ccccc12)c1ccc(C(F)(F)F)cc1. The number of para-hydroxylation sites is 1. The van der Waals surface area contributed by atoms with E-state index in [-0.39, 0.29) is 5.56 Å². The first kappa shape index (κ1) is 16.6. The van der Waals surface area contributed by atoms with Crippen LogP contribution in [0.1, 0.15) is 26.3 Å². The summed E-state index contributed by atoms with van der Waals surface area (Å²) in [5, 5.41) is 0.684. The lowest BCUT2D eigenvalue weighted by atomic mass is 10.1. The summed E-state index contributed by atoms with van der Waals surface area (Å²) in [5.41, 5.74) is 4.66. The van der Waals surface area contributed by atoms with Crippen LogP contribution in [0.3, 0.4) is 0 Å². The molecule has 3 N–H and O–H groups in total. The number of carbonyl (C=O) groups is 2. The summed E-state index contributed by atoms with van der Waals surface area (Å²) >= 11 is 0. The zero-order chi connectivity index (χ0) is 18.0. The predicted octanol–water partition coefficient (Wildman–Crippen LogP) is 3.26. The smallest absolute Gasteiger partial charge is 0.360 e. The molecule has 1 aromatic heterocycles. The van der Waals surface area contributed by atoms with Gasteiger partial charge in [-0.05, 0) is 30.3 Å².